The van der Waals surface area contributed by atoms with Gasteiger partial charge in [0, 0.05) is 50.1 Å². The van der Waals surface area contributed by atoms with Gasteiger partial charge in [-0.15, -0.1) is 0 Å². The Morgan fingerprint density at radius 1 is 1.04 bits per heavy atom. The Bertz CT molecular complexity index is 898. The van der Waals surface area contributed by atoms with Crippen LogP contribution in [0.1, 0.15) is 21.9 Å². The molecule has 0 atom stereocenters. The second-order valence-electron chi connectivity index (χ2n) is 6.63. The van der Waals surface area contributed by atoms with Crippen molar-refractivity contribution in [2.24, 2.45) is 0 Å². The number of carbonyl (C=O) groups is 1. The van der Waals surface area contributed by atoms with Crippen molar-refractivity contribution >= 4 is 17.5 Å². The standard InChI is InChI=1S/C20H21ClN4O2/c21-18-5-2-1-4-16(18)14-23-10-12-24(13-11-23)20(26)19-7-6-17(27-19)15-25-9-3-8-22-25/h1-9H,10-15H2. The first kappa shape index (κ1) is 17.8. The number of hydrogen-bond acceptors (Lipinski definition) is 4. The number of halogens is 1. The van der Waals surface area contributed by atoms with Gasteiger partial charge in [-0.3, -0.25) is 14.4 Å². The molecule has 1 amide bonds. The maximum Gasteiger partial charge on any atom is 0.289 e. The van der Waals surface area contributed by atoms with Crippen molar-refractivity contribution in [3.05, 3.63) is 77.0 Å². The second-order valence-corrected chi connectivity index (χ2v) is 7.04. The van der Waals surface area contributed by atoms with Crippen LogP contribution in [0.5, 0.6) is 0 Å². The van der Waals surface area contributed by atoms with E-state index in [1.165, 1.54) is 0 Å². The maximum atomic E-state index is 12.7. The highest BCUT2D eigenvalue weighted by molar-refractivity contribution is 6.31. The van der Waals surface area contributed by atoms with Crippen molar-refractivity contribution < 1.29 is 9.21 Å². The Kier molecular flexibility index (Phi) is 5.27. The fourth-order valence-corrected chi connectivity index (χ4v) is 3.46. The van der Waals surface area contributed by atoms with E-state index < -0.39 is 0 Å². The van der Waals surface area contributed by atoms with Crippen LogP contribution in [0.2, 0.25) is 5.02 Å². The lowest BCUT2D eigenvalue weighted by atomic mass is 10.2. The number of piperazine rings is 1. The summed E-state index contributed by atoms with van der Waals surface area (Å²) in [5.41, 5.74) is 1.12. The molecule has 1 aliphatic heterocycles. The van der Waals surface area contributed by atoms with E-state index in [1.54, 1.807) is 16.9 Å². The predicted molar refractivity (Wildman–Crippen MR) is 103 cm³/mol. The summed E-state index contributed by atoms with van der Waals surface area (Å²) in [7, 11) is 0. The second kappa shape index (κ2) is 7.98. The fraction of sp³-hybridized carbons (Fsp3) is 0.300. The quantitative estimate of drug-likeness (QED) is 0.678. The van der Waals surface area contributed by atoms with Crippen LogP contribution in [0.4, 0.5) is 0 Å². The van der Waals surface area contributed by atoms with Crippen LogP contribution in [0.3, 0.4) is 0 Å². The SMILES string of the molecule is O=C(c1ccc(Cn2cccn2)o1)N1CCN(Cc2ccccc2Cl)CC1. The third-order valence-electron chi connectivity index (χ3n) is 4.76. The lowest BCUT2D eigenvalue weighted by Gasteiger charge is -2.34. The zero-order valence-corrected chi connectivity index (χ0v) is 15.7. The van der Waals surface area contributed by atoms with Crippen molar-refractivity contribution in [3.63, 3.8) is 0 Å². The van der Waals surface area contributed by atoms with Crippen LogP contribution in [-0.4, -0.2) is 51.7 Å². The molecule has 0 spiro atoms. The summed E-state index contributed by atoms with van der Waals surface area (Å²) in [5, 5.41) is 4.94. The van der Waals surface area contributed by atoms with E-state index in [2.05, 4.69) is 10.00 Å². The lowest BCUT2D eigenvalue weighted by Crippen LogP contribution is -2.48. The first-order valence-corrected chi connectivity index (χ1v) is 9.38. The Labute approximate surface area is 162 Å². The van der Waals surface area contributed by atoms with E-state index in [-0.39, 0.29) is 5.91 Å². The Morgan fingerprint density at radius 2 is 1.85 bits per heavy atom. The topological polar surface area (TPSA) is 54.5 Å². The number of benzene rings is 1. The van der Waals surface area contributed by atoms with Gasteiger partial charge in [0.25, 0.3) is 5.91 Å². The first-order valence-electron chi connectivity index (χ1n) is 9.00. The number of furan rings is 1. The van der Waals surface area contributed by atoms with E-state index in [0.717, 1.165) is 36.0 Å². The highest BCUT2D eigenvalue weighted by Crippen LogP contribution is 2.19. The van der Waals surface area contributed by atoms with E-state index >= 15 is 0 Å². The molecule has 3 aromatic rings. The maximum absolute atomic E-state index is 12.7. The molecule has 4 rings (SSSR count). The van der Waals surface area contributed by atoms with Gasteiger partial charge in [-0.05, 0) is 29.8 Å². The minimum absolute atomic E-state index is 0.0564. The van der Waals surface area contributed by atoms with Crippen LogP contribution in [0.15, 0.2) is 59.3 Å². The molecule has 1 saturated heterocycles. The number of amides is 1. The van der Waals surface area contributed by atoms with Crippen molar-refractivity contribution in [2.45, 2.75) is 13.1 Å². The van der Waals surface area contributed by atoms with Gasteiger partial charge in [0.1, 0.15) is 5.76 Å². The van der Waals surface area contributed by atoms with E-state index in [0.29, 0.717) is 25.4 Å². The molecule has 0 saturated carbocycles. The Morgan fingerprint density at radius 3 is 2.59 bits per heavy atom. The monoisotopic (exact) mass is 384 g/mol. The Balaban J connectivity index is 1.32. The highest BCUT2D eigenvalue weighted by atomic mass is 35.5. The molecule has 0 aliphatic carbocycles. The van der Waals surface area contributed by atoms with Crippen LogP contribution in [0.25, 0.3) is 0 Å². The third kappa shape index (κ3) is 4.23. The fourth-order valence-electron chi connectivity index (χ4n) is 3.26. The van der Waals surface area contributed by atoms with Gasteiger partial charge in [-0.25, -0.2) is 0 Å². The van der Waals surface area contributed by atoms with Gasteiger partial charge in [-0.2, -0.15) is 5.10 Å². The van der Waals surface area contributed by atoms with Crippen LogP contribution in [-0.2, 0) is 13.1 Å². The number of hydrogen-bond donors (Lipinski definition) is 0. The molecule has 0 unspecified atom stereocenters. The molecule has 2 aromatic heterocycles. The average Bonchev–Trinajstić information content (AvgIpc) is 3.36. The number of nitrogens with zero attached hydrogens (tertiary/aromatic N) is 4. The van der Waals surface area contributed by atoms with Gasteiger partial charge in [0.05, 0.1) is 6.54 Å². The number of carbonyl (C=O) groups excluding carboxylic acids is 1. The molecular formula is C20H21ClN4O2. The molecule has 1 aliphatic rings. The molecule has 27 heavy (non-hydrogen) atoms. The first-order chi connectivity index (χ1) is 13.2. The van der Waals surface area contributed by atoms with E-state index in [1.807, 2.05) is 47.5 Å². The van der Waals surface area contributed by atoms with Gasteiger partial charge in [-0.1, -0.05) is 29.8 Å². The molecule has 3 heterocycles. The molecule has 140 valence electrons. The van der Waals surface area contributed by atoms with Gasteiger partial charge in [0.15, 0.2) is 5.76 Å². The van der Waals surface area contributed by atoms with Gasteiger partial charge < -0.3 is 9.32 Å². The van der Waals surface area contributed by atoms with Crippen molar-refractivity contribution in [2.75, 3.05) is 26.2 Å². The zero-order valence-electron chi connectivity index (χ0n) is 14.9. The average molecular weight is 385 g/mol. The summed E-state index contributed by atoms with van der Waals surface area (Å²) < 4.78 is 7.49. The summed E-state index contributed by atoms with van der Waals surface area (Å²) in [6.07, 6.45) is 3.58. The smallest absolute Gasteiger partial charge is 0.289 e. The minimum Gasteiger partial charge on any atom is -0.454 e. The van der Waals surface area contributed by atoms with Crippen LogP contribution < -0.4 is 0 Å². The van der Waals surface area contributed by atoms with E-state index in [9.17, 15) is 4.79 Å². The minimum atomic E-state index is -0.0564. The summed E-state index contributed by atoms with van der Waals surface area (Å²) in [5.74, 6) is 1.05. The molecule has 1 fully saturated rings. The summed E-state index contributed by atoms with van der Waals surface area (Å²) >= 11 is 6.25. The Hall–Kier alpha value is -2.57. The summed E-state index contributed by atoms with van der Waals surface area (Å²) in [6.45, 7) is 4.31. The van der Waals surface area contributed by atoms with Crippen molar-refractivity contribution in [1.82, 2.24) is 19.6 Å². The lowest BCUT2D eigenvalue weighted by molar-refractivity contribution is 0.0596. The third-order valence-corrected chi connectivity index (χ3v) is 5.13. The van der Waals surface area contributed by atoms with Crippen LogP contribution in [0, 0.1) is 0 Å². The zero-order chi connectivity index (χ0) is 18.6. The largest absolute Gasteiger partial charge is 0.454 e. The highest BCUT2D eigenvalue weighted by Gasteiger charge is 2.24. The molecule has 0 bridgehead atoms. The normalized spacial score (nSPS) is 15.2. The molecule has 0 radical (unpaired) electrons. The van der Waals surface area contributed by atoms with E-state index in [4.69, 9.17) is 16.0 Å². The van der Waals surface area contributed by atoms with Crippen molar-refractivity contribution in [1.29, 1.82) is 0 Å². The van der Waals surface area contributed by atoms with Crippen molar-refractivity contribution in [3.8, 4) is 0 Å². The summed E-state index contributed by atoms with van der Waals surface area (Å²) in [6, 6.07) is 13.3. The summed E-state index contributed by atoms with van der Waals surface area (Å²) in [4.78, 5) is 16.9. The molecule has 1 aromatic carbocycles. The van der Waals surface area contributed by atoms with Gasteiger partial charge in [0.2, 0.25) is 0 Å². The molecule has 0 N–H and O–H groups in total. The molecule has 7 heteroatoms. The molecule has 6 nitrogen and oxygen atoms in total. The van der Waals surface area contributed by atoms with Crippen LogP contribution >= 0.6 is 11.6 Å². The number of aromatic nitrogens is 2. The predicted octanol–water partition coefficient (Wildman–Crippen LogP) is 3.14. The molecular weight excluding hydrogens is 364 g/mol. The van der Waals surface area contributed by atoms with Gasteiger partial charge >= 0.3 is 0 Å². The number of rotatable bonds is 5.